The molecule has 0 saturated heterocycles. The van der Waals surface area contributed by atoms with Crippen molar-refractivity contribution in [2.75, 3.05) is 0 Å². The molecule has 170 valence electrons. The Morgan fingerprint density at radius 1 is 1.06 bits per heavy atom. The summed E-state index contributed by atoms with van der Waals surface area (Å²) in [5, 5.41) is 2.76. The Kier molecular flexibility index (Phi) is 5.98. The van der Waals surface area contributed by atoms with E-state index in [1.165, 1.54) is 28.8 Å². The molecule has 34 heavy (non-hydrogen) atoms. The number of rotatable bonds is 5. The average Bonchev–Trinajstić information content (AvgIpc) is 3.22. The zero-order chi connectivity index (χ0) is 23.7. The van der Waals surface area contributed by atoms with Gasteiger partial charge < -0.3 is 5.32 Å². The summed E-state index contributed by atoms with van der Waals surface area (Å²) in [6, 6.07) is 22.3. The highest BCUT2D eigenvalue weighted by atomic mass is 32.2. The van der Waals surface area contributed by atoms with Gasteiger partial charge >= 0.3 is 0 Å². The Labute approximate surface area is 200 Å². The standard InChI is InChI=1S/C26H21FN4O2S/c1-16(24(32)28-15-17-11-13-19(27)14-12-17)34-26-29-21-10-6-5-9-20(21)23-30-22(25(33)31(23)26)18-7-3-2-4-8-18/h2-14,16,22H,15H2,1H3,(H,28,32)/t16-,22-/m1/s1. The molecule has 2 aliphatic heterocycles. The number of benzene rings is 3. The molecule has 2 aliphatic rings. The van der Waals surface area contributed by atoms with E-state index in [9.17, 15) is 14.0 Å². The minimum absolute atomic E-state index is 0.194. The van der Waals surface area contributed by atoms with Crippen molar-refractivity contribution in [1.82, 2.24) is 10.2 Å². The molecule has 1 N–H and O–H groups in total. The number of nitrogens with one attached hydrogen (secondary N) is 1. The summed E-state index contributed by atoms with van der Waals surface area (Å²) in [4.78, 5) is 37.2. The van der Waals surface area contributed by atoms with Crippen LogP contribution in [0.15, 0.2) is 88.8 Å². The van der Waals surface area contributed by atoms with Gasteiger partial charge in [0, 0.05) is 12.1 Å². The lowest BCUT2D eigenvalue weighted by Gasteiger charge is -2.26. The predicted octanol–water partition coefficient (Wildman–Crippen LogP) is 4.60. The number of thioether (sulfide) groups is 1. The van der Waals surface area contributed by atoms with E-state index in [-0.39, 0.29) is 24.2 Å². The zero-order valence-corrected chi connectivity index (χ0v) is 19.1. The van der Waals surface area contributed by atoms with Crippen molar-refractivity contribution in [3.05, 3.63) is 101 Å². The lowest BCUT2D eigenvalue weighted by molar-refractivity contribution is -0.124. The van der Waals surface area contributed by atoms with Crippen LogP contribution >= 0.6 is 11.8 Å². The highest BCUT2D eigenvalue weighted by molar-refractivity contribution is 8.15. The van der Waals surface area contributed by atoms with E-state index < -0.39 is 11.3 Å². The maximum absolute atomic E-state index is 13.4. The first-order chi connectivity index (χ1) is 16.5. The third-order valence-corrected chi connectivity index (χ3v) is 6.67. The van der Waals surface area contributed by atoms with Gasteiger partial charge in [-0.05, 0) is 42.3 Å². The van der Waals surface area contributed by atoms with Crippen LogP contribution in [0.1, 0.15) is 29.7 Å². The summed E-state index contributed by atoms with van der Waals surface area (Å²) < 4.78 is 13.1. The minimum Gasteiger partial charge on any atom is -0.351 e. The van der Waals surface area contributed by atoms with Crippen LogP contribution in [-0.2, 0) is 16.1 Å². The molecule has 0 spiro atoms. The number of nitrogens with zero attached hydrogens (tertiary/aromatic N) is 3. The lowest BCUT2D eigenvalue weighted by atomic mass is 10.1. The summed E-state index contributed by atoms with van der Waals surface area (Å²) in [5.41, 5.74) is 3.10. The minimum atomic E-state index is -0.657. The Bertz CT molecular complexity index is 1310. The van der Waals surface area contributed by atoms with E-state index in [2.05, 4.69) is 5.32 Å². The smallest absolute Gasteiger partial charge is 0.263 e. The van der Waals surface area contributed by atoms with Crippen LogP contribution in [-0.4, -0.2) is 33.0 Å². The Hall–Kier alpha value is -3.78. The molecule has 2 heterocycles. The van der Waals surface area contributed by atoms with Crippen molar-refractivity contribution >= 4 is 40.3 Å². The number of carbonyl (C=O) groups is 2. The average molecular weight is 473 g/mol. The number of para-hydroxylation sites is 1. The topological polar surface area (TPSA) is 74.1 Å². The predicted molar refractivity (Wildman–Crippen MR) is 131 cm³/mol. The van der Waals surface area contributed by atoms with Crippen molar-refractivity contribution < 1.29 is 14.0 Å². The fourth-order valence-corrected chi connectivity index (χ4v) is 4.77. The number of aliphatic imine (C=N–C) groups is 2. The highest BCUT2D eigenvalue weighted by Crippen LogP contribution is 2.38. The number of fused-ring (bicyclic) bond motifs is 3. The van der Waals surface area contributed by atoms with E-state index >= 15 is 0 Å². The van der Waals surface area contributed by atoms with Gasteiger partial charge in [0.25, 0.3) is 5.91 Å². The van der Waals surface area contributed by atoms with E-state index in [0.29, 0.717) is 16.7 Å². The molecule has 0 radical (unpaired) electrons. The van der Waals surface area contributed by atoms with Crippen molar-refractivity contribution in [2.24, 2.45) is 9.98 Å². The van der Waals surface area contributed by atoms with Crippen LogP contribution in [0.3, 0.4) is 0 Å². The Balaban J connectivity index is 1.37. The van der Waals surface area contributed by atoms with Gasteiger partial charge in [0.2, 0.25) is 5.91 Å². The maximum atomic E-state index is 13.4. The van der Waals surface area contributed by atoms with Crippen LogP contribution in [0.25, 0.3) is 0 Å². The Morgan fingerprint density at radius 2 is 1.76 bits per heavy atom. The number of hydrogen-bond acceptors (Lipinski definition) is 5. The van der Waals surface area contributed by atoms with Gasteiger partial charge in [-0.3, -0.25) is 9.59 Å². The SMILES string of the molecule is C[C@@H](SC1=Nc2ccccc2C2=N[C@H](c3ccccc3)C(=O)N12)C(=O)NCc1ccc(F)cc1. The molecule has 0 aromatic heterocycles. The van der Waals surface area contributed by atoms with Crippen molar-refractivity contribution in [1.29, 1.82) is 0 Å². The van der Waals surface area contributed by atoms with Gasteiger partial charge in [-0.25, -0.2) is 19.3 Å². The van der Waals surface area contributed by atoms with Gasteiger partial charge in [-0.1, -0.05) is 66.4 Å². The Morgan fingerprint density at radius 3 is 2.53 bits per heavy atom. The first kappa shape index (κ1) is 22.0. The van der Waals surface area contributed by atoms with Crippen molar-refractivity contribution in [3.8, 4) is 0 Å². The molecule has 8 heteroatoms. The highest BCUT2D eigenvalue weighted by Gasteiger charge is 2.42. The van der Waals surface area contributed by atoms with E-state index in [4.69, 9.17) is 9.98 Å². The summed E-state index contributed by atoms with van der Waals surface area (Å²) in [6.07, 6.45) is 0. The summed E-state index contributed by atoms with van der Waals surface area (Å²) in [7, 11) is 0. The third-order valence-electron chi connectivity index (χ3n) is 5.62. The molecule has 3 aromatic carbocycles. The largest absolute Gasteiger partial charge is 0.351 e. The molecule has 2 atom stereocenters. The summed E-state index contributed by atoms with van der Waals surface area (Å²) in [6.45, 7) is 2.05. The van der Waals surface area contributed by atoms with Crippen LogP contribution in [0.5, 0.6) is 0 Å². The van der Waals surface area contributed by atoms with Gasteiger partial charge in [0.05, 0.1) is 10.9 Å². The molecule has 5 rings (SSSR count). The monoisotopic (exact) mass is 472 g/mol. The molecular weight excluding hydrogens is 451 g/mol. The fraction of sp³-hybridized carbons (Fsp3) is 0.154. The molecular formula is C26H21FN4O2S. The summed E-state index contributed by atoms with van der Waals surface area (Å²) >= 11 is 1.21. The van der Waals surface area contributed by atoms with Crippen LogP contribution in [0.2, 0.25) is 0 Å². The molecule has 0 aliphatic carbocycles. The molecule has 6 nitrogen and oxygen atoms in total. The third kappa shape index (κ3) is 4.24. The number of amides is 2. The van der Waals surface area contributed by atoms with Gasteiger partial charge in [0.1, 0.15) is 11.7 Å². The van der Waals surface area contributed by atoms with E-state index in [1.807, 2.05) is 54.6 Å². The van der Waals surface area contributed by atoms with E-state index in [0.717, 1.165) is 16.7 Å². The second kappa shape index (κ2) is 9.23. The van der Waals surface area contributed by atoms with Gasteiger partial charge in [0.15, 0.2) is 11.2 Å². The normalized spacial score (nSPS) is 17.4. The molecule has 0 bridgehead atoms. The van der Waals surface area contributed by atoms with Crippen LogP contribution in [0.4, 0.5) is 10.1 Å². The quantitative estimate of drug-likeness (QED) is 0.590. The summed E-state index contributed by atoms with van der Waals surface area (Å²) in [5.74, 6) is -0.177. The maximum Gasteiger partial charge on any atom is 0.263 e. The number of hydrogen-bond donors (Lipinski definition) is 1. The van der Waals surface area contributed by atoms with Gasteiger partial charge in [-0.2, -0.15) is 0 Å². The van der Waals surface area contributed by atoms with E-state index in [1.54, 1.807) is 19.1 Å². The fourth-order valence-electron chi connectivity index (χ4n) is 3.83. The first-order valence-corrected chi connectivity index (χ1v) is 11.7. The second-order valence-electron chi connectivity index (χ2n) is 7.96. The number of amidine groups is 2. The van der Waals surface area contributed by atoms with Crippen molar-refractivity contribution in [2.45, 2.75) is 24.8 Å². The van der Waals surface area contributed by atoms with Crippen LogP contribution < -0.4 is 5.32 Å². The number of halogens is 1. The first-order valence-electron chi connectivity index (χ1n) is 10.8. The lowest BCUT2D eigenvalue weighted by Crippen LogP contribution is -2.41. The molecule has 0 fully saturated rings. The number of carbonyl (C=O) groups excluding carboxylic acids is 2. The second-order valence-corrected chi connectivity index (χ2v) is 9.26. The molecule has 3 aromatic rings. The van der Waals surface area contributed by atoms with Crippen LogP contribution in [0, 0.1) is 5.82 Å². The molecule has 0 unspecified atom stereocenters. The molecule has 2 amide bonds. The van der Waals surface area contributed by atoms with Gasteiger partial charge in [-0.15, -0.1) is 0 Å². The molecule has 0 saturated carbocycles. The zero-order valence-electron chi connectivity index (χ0n) is 18.3. The van der Waals surface area contributed by atoms with Crippen molar-refractivity contribution in [3.63, 3.8) is 0 Å².